The highest BCUT2D eigenvalue weighted by Crippen LogP contribution is 2.20. The van der Waals surface area contributed by atoms with Gasteiger partial charge in [-0.25, -0.2) is 4.79 Å². The van der Waals surface area contributed by atoms with Gasteiger partial charge in [0.25, 0.3) is 0 Å². The Morgan fingerprint density at radius 1 is 0.923 bits per heavy atom. The van der Waals surface area contributed by atoms with Crippen LogP contribution < -0.4 is 15.5 Å². The second-order valence-corrected chi connectivity index (χ2v) is 6.40. The van der Waals surface area contributed by atoms with Crippen molar-refractivity contribution in [3.05, 3.63) is 59.6 Å². The minimum absolute atomic E-state index is 0.0943. The summed E-state index contributed by atoms with van der Waals surface area (Å²) >= 11 is 6.00. The number of urea groups is 1. The van der Waals surface area contributed by atoms with Gasteiger partial charge in [0.15, 0.2) is 0 Å². The largest absolute Gasteiger partial charge is 0.368 e. The minimum Gasteiger partial charge on any atom is -0.368 e. The number of hydrogen-bond acceptors (Lipinski definition) is 3. The normalized spacial score (nSPS) is 14.0. The van der Waals surface area contributed by atoms with Crippen LogP contribution in [0.2, 0.25) is 5.02 Å². The number of hydrogen-bond donors (Lipinski definition) is 2. The van der Waals surface area contributed by atoms with E-state index in [0.717, 1.165) is 18.8 Å². The molecular weight excluding hydrogens is 352 g/mol. The monoisotopic (exact) mass is 372 g/mol. The molecule has 1 fully saturated rings. The highest BCUT2D eigenvalue weighted by atomic mass is 35.5. The zero-order chi connectivity index (χ0) is 18.4. The van der Waals surface area contributed by atoms with Crippen LogP contribution in [0.4, 0.5) is 16.2 Å². The lowest BCUT2D eigenvalue weighted by molar-refractivity contribution is -0.115. The number of halogens is 1. The molecule has 3 rings (SSSR count). The van der Waals surface area contributed by atoms with Gasteiger partial charge >= 0.3 is 6.03 Å². The summed E-state index contributed by atoms with van der Waals surface area (Å²) in [5.41, 5.74) is 1.69. The molecule has 0 spiro atoms. The Morgan fingerprint density at radius 3 is 2.27 bits per heavy atom. The zero-order valence-electron chi connectivity index (χ0n) is 14.3. The number of carbonyl (C=O) groups is 2. The topological polar surface area (TPSA) is 64.7 Å². The SMILES string of the molecule is O=C(CNC(=O)N1CCN(c2ccccc2)CC1)Nc1ccccc1Cl. The lowest BCUT2D eigenvalue weighted by Crippen LogP contribution is -2.52. The molecular formula is C19H21ClN4O2. The first-order chi connectivity index (χ1) is 12.6. The van der Waals surface area contributed by atoms with E-state index in [0.29, 0.717) is 23.8 Å². The van der Waals surface area contributed by atoms with Crippen molar-refractivity contribution in [2.45, 2.75) is 0 Å². The molecule has 2 aromatic carbocycles. The number of amides is 3. The third-order valence-corrected chi connectivity index (χ3v) is 4.57. The van der Waals surface area contributed by atoms with Crippen LogP contribution in [0.3, 0.4) is 0 Å². The first-order valence-corrected chi connectivity index (χ1v) is 8.88. The zero-order valence-corrected chi connectivity index (χ0v) is 15.1. The summed E-state index contributed by atoms with van der Waals surface area (Å²) < 4.78 is 0. The molecule has 1 aliphatic rings. The van der Waals surface area contributed by atoms with Gasteiger partial charge in [0.2, 0.25) is 5.91 Å². The van der Waals surface area contributed by atoms with Gasteiger partial charge < -0.3 is 20.4 Å². The van der Waals surface area contributed by atoms with Gasteiger partial charge in [0, 0.05) is 31.9 Å². The molecule has 0 aliphatic carbocycles. The fourth-order valence-corrected chi connectivity index (χ4v) is 3.01. The summed E-state index contributed by atoms with van der Waals surface area (Å²) in [6.07, 6.45) is 0. The van der Waals surface area contributed by atoms with E-state index in [2.05, 4.69) is 27.7 Å². The molecule has 0 bridgehead atoms. The number of nitrogens with one attached hydrogen (secondary N) is 2. The molecule has 3 amide bonds. The maximum absolute atomic E-state index is 12.3. The van der Waals surface area contributed by atoms with Crippen LogP contribution >= 0.6 is 11.6 Å². The Balaban J connectivity index is 1.43. The molecule has 0 atom stereocenters. The molecule has 6 nitrogen and oxygen atoms in total. The van der Waals surface area contributed by atoms with E-state index in [1.807, 2.05) is 18.2 Å². The average molecular weight is 373 g/mol. The Labute approximate surface area is 157 Å². The number of nitrogens with zero attached hydrogens (tertiary/aromatic N) is 2. The van der Waals surface area contributed by atoms with E-state index >= 15 is 0 Å². The molecule has 0 unspecified atom stereocenters. The molecule has 7 heteroatoms. The van der Waals surface area contributed by atoms with E-state index in [-0.39, 0.29) is 18.5 Å². The maximum Gasteiger partial charge on any atom is 0.317 e. The minimum atomic E-state index is -0.311. The van der Waals surface area contributed by atoms with Crippen LogP contribution in [0.1, 0.15) is 0 Å². The van der Waals surface area contributed by atoms with Crippen molar-refractivity contribution in [2.75, 3.05) is 42.9 Å². The first kappa shape index (κ1) is 18.1. The first-order valence-electron chi connectivity index (χ1n) is 8.50. The predicted octanol–water partition coefficient (Wildman–Crippen LogP) is 2.81. The van der Waals surface area contributed by atoms with Crippen molar-refractivity contribution in [2.24, 2.45) is 0 Å². The molecule has 1 saturated heterocycles. The highest BCUT2D eigenvalue weighted by Gasteiger charge is 2.21. The van der Waals surface area contributed by atoms with Crippen LogP contribution in [0.25, 0.3) is 0 Å². The second-order valence-electron chi connectivity index (χ2n) is 6.00. The van der Waals surface area contributed by atoms with Gasteiger partial charge in [-0.1, -0.05) is 41.9 Å². The summed E-state index contributed by atoms with van der Waals surface area (Å²) in [4.78, 5) is 28.2. The predicted molar refractivity (Wildman–Crippen MR) is 104 cm³/mol. The molecule has 2 aromatic rings. The number of para-hydroxylation sites is 2. The smallest absolute Gasteiger partial charge is 0.317 e. The molecule has 0 saturated carbocycles. The third kappa shape index (κ3) is 4.67. The number of rotatable bonds is 4. The van der Waals surface area contributed by atoms with Crippen molar-refractivity contribution in [1.82, 2.24) is 10.2 Å². The van der Waals surface area contributed by atoms with E-state index in [9.17, 15) is 9.59 Å². The van der Waals surface area contributed by atoms with Crippen molar-refractivity contribution >= 4 is 34.9 Å². The van der Waals surface area contributed by atoms with Crippen LogP contribution in [0.15, 0.2) is 54.6 Å². The Hall–Kier alpha value is -2.73. The third-order valence-electron chi connectivity index (χ3n) is 4.24. The van der Waals surface area contributed by atoms with Gasteiger partial charge in [-0.15, -0.1) is 0 Å². The molecule has 0 radical (unpaired) electrons. The average Bonchev–Trinajstić information content (AvgIpc) is 2.69. The van der Waals surface area contributed by atoms with Gasteiger partial charge in [0.05, 0.1) is 17.3 Å². The van der Waals surface area contributed by atoms with E-state index < -0.39 is 0 Å². The summed E-state index contributed by atoms with van der Waals surface area (Å²) in [7, 11) is 0. The van der Waals surface area contributed by atoms with Crippen molar-refractivity contribution < 1.29 is 9.59 Å². The summed E-state index contributed by atoms with van der Waals surface area (Å²) in [6, 6.07) is 16.9. The summed E-state index contributed by atoms with van der Waals surface area (Å²) in [5.74, 6) is -0.311. The number of piperazine rings is 1. The fraction of sp³-hybridized carbons (Fsp3) is 0.263. The van der Waals surface area contributed by atoms with Crippen LogP contribution in [0, 0.1) is 0 Å². The summed E-state index contributed by atoms with van der Waals surface area (Å²) in [5, 5.41) is 5.81. The lowest BCUT2D eigenvalue weighted by Gasteiger charge is -2.36. The van der Waals surface area contributed by atoms with Gasteiger partial charge in [-0.3, -0.25) is 4.79 Å². The van der Waals surface area contributed by atoms with Crippen LogP contribution in [-0.4, -0.2) is 49.6 Å². The van der Waals surface area contributed by atoms with Crippen molar-refractivity contribution in [3.8, 4) is 0 Å². The van der Waals surface area contributed by atoms with Gasteiger partial charge in [0.1, 0.15) is 0 Å². The maximum atomic E-state index is 12.3. The van der Waals surface area contributed by atoms with Crippen LogP contribution in [0.5, 0.6) is 0 Å². The summed E-state index contributed by atoms with van der Waals surface area (Å²) in [6.45, 7) is 2.68. The van der Waals surface area contributed by atoms with Gasteiger partial charge in [-0.2, -0.15) is 0 Å². The molecule has 136 valence electrons. The number of carbonyl (C=O) groups excluding carboxylic acids is 2. The highest BCUT2D eigenvalue weighted by molar-refractivity contribution is 6.33. The van der Waals surface area contributed by atoms with Gasteiger partial charge in [-0.05, 0) is 24.3 Å². The molecule has 1 heterocycles. The Bertz CT molecular complexity index is 761. The fourth-order valence-electron chi connectivity index (χ4n) is 2.83. The van der Waals surface area contributed by atoms with E-state index in [4.69, 9.17) is 11.6 Å². The van der Waals surface area contributed by atoms with Crippen LogP contribution in [-0.2, 0) is 4.79 Å². The molecule has 2 N–H and O–H groups in total. The molecule has 1 aliphatic heterocycles. The number of benzene rings is 2. The quantitative estimate of drug-likeness (QED) is 0.867. The standard InChI is InChI=1S/C19H21ClN4O2/c20-16-8-4-5-9-17(16)22-18(25)14-21-19(26)24-12-10-23(11-13-24)15-6-2-1-3-7-15/h1-9H,10-14H2,(H,21,26)(H,22,25). The molecule has 0 aromatic heterocycles. The lowest BCUT2D eigenvalue weighted by atomic mass is 10.2. The van der Waals surface area contributed by atoms with Crippen molar-refractivity contribution in [1.29, 1.82) is 0 Å². The Morgan fingerprint density at radius 2 is 1.58 bits per heavy atom. The van der Waals surface area contributed by atoms with Crippen molar-refractivity contribution in [3.63, 3.8) is 0 Å². The second kappa shape index (κ2) is 8.58. The Kier molecular flexibility index (Phi) is 5.96. The van der Waals surface area contributed by atoms with E-state index in [1.165, 1.54) is 0 Å². The van der Waals surface area contributed by atoms with E-state index in [1.54, 1.807) is 29.2 Å². The molecule has 26 heavy (non-hydrogen) atoms. The number of anilines is 2.